The number of carbonyl (C=O) groups is 1. The van der Waals surface area contributed by atoms with Gasteiger partial charge in [0.15, 0.2) is 0 Å². The topological polar surface area (TPSA) is 41.6 Å². The Morgan fingerprint density at radius 1 is 1.50 bits per heavy atom. The minimum atomic E-state index is 0.0179. The molecule has 5 heteroatoms. The molecule has 0 spiro atoms. The maximum Gasteiger partial charge on any atom is 0.246 e. The van der Waals surface area contributed by atoms with Gasteiger partial charge >= 0.3 is 0 Å². The summed E-state index contributed by atoms with van der Waals surface area (Å²) in [6.07, 6.45) is 3.48. The van der Waals surface area contributed by atoms with Crippen molar-refractivity contribution in [1.82, 2.24) is 10.2 Å². The molecule has 1 atom stereocenters. The number of halogens is 1. The van der Waals surface area contributed by atoms with Crippen LogP contribution in [0.15, 0.2) is 30.3 Å². The van der Waals surface area contributed by atoms with Gasteiger partial charge in [0, 0.05) is 30.7 Å². The lowest BCUT2D eigenvalue weighted by atomic mass is 10.2. The van der Waals surface area contributed by atoms with Crippen LogP contribution in [0.25, 0.3) is 6.08 Å². The molecule has 1 heterocycles. The van der Waals surface area contributed by atoms with Crippen molar-refractivity contribution in [1.29, 1.82) is 0 Å². The number of morpholine rings is 1. The van der Waals surface area contributed by atoms with E-state index in [2.05, 4.69) is 5.32 Å². The summed E-state index contributed by atoms with van der Waals surface area (Å²) in [7, 11) is 1.88. The molecule has 1 aliphatic rings. The number of nitrogens with one attached hydrogen (secondary N) is 1. The zero-order valence-electron chi connectivity index (χ0n) is 11.5. The molecule has 0 bridgehead atoms. The summed E-state index contributed by atoms with van der Waals surface area (Å²) in [6, 6.07) is 7.39. The van der Waals surface area contributed by atoms with Crippen LogP contribution in [0.1, 0.15) is 5.56 Å². The van der Waals surface area contributed by atoms with Crippen LogP contribution >= 0.6 is 11.6 Å². The number of benzene rings is 1. The molecule has 108 valence electrons. The number of rotatable bonds is 4. The van der Waals surface area contributed by atoms with Crippen LogP contribution in [0, 0.1) is 0 Å². The summed E-state index contributed by atoms with van der Waals surface area (Å²) in [5.41, 5.74) is 0.961. The average Bonchev–Trinajstić information content (AvgIpc) is 2.47. The van der Waals surface area contributed by atoms with E-state index in [1.807, 2.05) is 36.2 Å². The summed E-state index contributed by atoms with van der Waals surface area (Å²) < 4.78 is 5.58. The predicted octanol–water partition coefficient (Wildman–Crippen LogP) is 1.80. The van der Waals surface area contributed by atoms with Crippen molar-refractivity contribution < 1.29 is 9.53 Å². The molecule has 1 amide bonds. The summed E-state index contributed by atoms with van der Waals surface area (Å²) >= 11 is 5.82. The fraction of sp³-hybridized carbons (Fsp3) is 0.400. The number of amides is 1. The highest BCUT2D eigenvalue weighted by Gasteiger charge is 2.22. The normalized spacial score (nSPS) is 19.5. The molecular formula is C15H19ClN2O2. The molecule has 20 heavy (non-hydrogen) atoms. The Bertz CT molecular complexity index is 471. The summed E-state index contributed by atoms with van der Waals surface area (Å²) in [5, 5.41) is 3.76. The lowest BCUT2D eigenvalue weighted by Gasteiger charge is -2.32. The van der Waals surface area contributed by atoms with Gasteiger partial charge in [0.1, 0.15) is 0 Å². The van der Waals surface area contributed by atoms with Gasteiger partial charge in [-0.15, -0.1) is 0 Å². The van der Waals surface area contributed by atoms with Crippen molar-refractivity contribution in [2.75, 3.05) is 33.3 Å². The first kappa shape index (κ1) is 15.0. The molecule has 1 saturated heterocycles. The van der Waals surface area contributed by atoms with Crippen LogP contribution in [0.2, 0.25) is 5.02 Å². The maximum atomic E-state index is 12.1. The summed E-state index contributed by atoms with van der Waals surface area (Å²) in [5.74, 6) is 0.0179. The Kier molecular flexibility index (Phi) is 5.59. The number of carbonyl (C=O) groups excluding carboxylic acids is 1. The second-order valence-electron chi connectivity index (χ2n) is 4.72. The maximum absolute atomic E-state index is 12.1. The lowest BCUT2D eigenvalue weighted by Crippen LogP contribution is -2.48. The van der Waals surface area contributed by atoms with Crippen LogP contribution in [-0.4, -0.2) is 50.2 Å². The van der Waals surface area contributed by atoms with Crippen LogP contribution in [-0.2, 0) is 9.53 Å². The molecule has 2 rings (SSSR count). The van der Waals surface area contributed by atoms with E-state index in [0.717, 1.165) is 12.1 Å². The van der Waals surface area contributed by atoms with Gasteiger partial charge in [0.05, 0.1) is 12.7 Å². The van der Waals surface area contributed by atoms with Gasteiger partial charge in [-0.05, 0) is 30.8 Å². The lowest BCUT2D eigenvalue weighted by molar-refractivity contribution is -0.133. The van der Waals surface area contributed by atoms with E-state index in [9.17, 15) is 4.79 Å². The molecule has 0 aromatic heterocycles. The molecule has 1 fully saturated rings. The van der Waals surface area contributed by atoms with E-state index in [1.54, 1.807) is 12.2 Å². The summed E-state index contributed by atoms with van der Waals surface area (Å²) in [6.45, 7) is 2.62. The highest BCUT2D eigenvalue weighted by atomic mass is 35.5. The van der Waals surface area contributed by atoms with E-state index < -0.39 is 0 Å². The minimum absolute atomic E-state index is 0.0179. The second kappa shape index (κ2) is 7.43. The van der Waals surface area contributed by atoms with Gasteiger partial charge in [-0.3, -0.25) is 4.79 Å². The van der Waals surface area contributed by atoms with Crippen molar-refractivity contribution in [2.24, 2.45) is 0 Å². The van der Waals surface area contributed by atoms with Gasteiger partial charge in [-0.2, -0.15) is 0 Å². The highest BCUT2D eigenvalue weighted by molar-refractivity contribution is 6.30. The Hall–Kier alpha value is -1.36. The standard InChI is InChI=1S/C15H19ClN2O2/c1-17-10-14-11-18(8-9-20-14)15(19)7-4-12-2-5-13(16)6-3-12/h2-7,14,17H,8-11H2,1H3/b7-4+. The molecule has 0 aliphatic carbocycles. The molecule has 1 unspecified atom stereocenters. The van der Waals surface area contributed by atoms with E-state index in [-0.39, 0.29) is 12.0 Å². The third kappa shape index (κ3) is 4.34. The molecule has 4 nitrogen and oxygen atoms in total. The molecule has 1 aromatic rings. The smallest absolute Gasteiger partial charge is 0.246 e. The Balaban J connectivity index is 1.92. The van der Waals surface area contributed by atoms with E-state index in [4.69, 9.17) is 16.3 Å². The number of ether oxygens (including phenoxy) is 1. The third-order valence-electron chi connectivity index (χ3n) is 3.17. The Labute approximate surface area is 124 Å². The first-order valence-electron chi connectivity index (χ1n) is 6.68. The third-order valence-corrected chi connectivity index (χ3v) is 3.42. The van der Waals surface area contributed by atoms with Gasteiger partial charge in [-0.25, -0.2) is 0 Å². The zero-order chi connectivity index (χ0) is 14.4. The van der Waals surface area contributed by atoms with Gasteiger partial charge in [-0.1, -0.05) is 23.7 Å². The van der Waals surface area contributed by atoms with Crippen LogP contribution in [0.5, 0.6) is 0 Å². The molecule has 1 aliphatic heterocycles. The SMILES string of the molecule is CNCC1CN(C(=O)/C=C/c2ccc(Cl)cc2)CCO1. The second-order valence-corrected chi connectivity index (χ2v) is 5.16. The van der Waals surface area contributed by atoms with Crippen molar-refractivity contribution >= 4 is 23.6 Å². The van der Waals surface area contributed by atoms with Gasteiger partial charge < -0.3 is 15.0 Å². The van der Waals surface area contributed by atoms with Crippen molar-refractivity contribution in [3.8, 4) is 0 Å². The van der Waals surface area contributed by atoms with Gasteiger partial charge in [0.25, 0.3) is 0 Å². The first-order chi connectivity index (χ1) is 9.69. The van der Waals surface area contributed by atoms with Crippen LogP contribution in [0.3, 0.4) is 0 Å². The minimum Gasteiger partial charge on any atom is -0.373 e. The molecular weight excluding hydrogens is 276 g/mol. The monoisotopic (exact) mass is 294 g/mol. The fourth-order valence-electron chi connectivity index (χ4n) is 2.12. The zero-order valence-corrected chi connectivity index (χ0v) is 12.3. The quantitative estimate of drug-likeness (QED) is 0.861. The van der Waals surface area contributed by atoms with Crippen molar-refractivity contribution in [2.45, 2.75) is 6.10 Å². The number of hydrogen-bond acceptors (Lipinski definition) is 3. The van der Waals surface area contributed by atoms with E-state index in [0.29, 0.717) is 24.7 Å². The highest BCUT2D eigenvalue weighted by Crippen LogP contribution is 2.11. The van der Waals surface area contributed by atoms with Crippen molar-refractivity contribution in [3.05, 3.63) is 40.9 Å². The first-order valence-corrected chi connectivity index (χ1v) is 7.05. The number of hydrogen-bond donors (Lipinski definition) is 1. The fourth-order valence-corrected chi connectivity index (χ4v) is 2.24. The number of nitrogens with zero attached hydrogens (tertiary/aromatic N) is 1. The molecule has 0 radical (unpaired) electrons. The van der Waals surface area contributed by atoms with Crippen LogP contribution < -0.4 is 5.32 Å². The number of likely N-dealkylation sites (N-methyl/N-ethyl adjacent to an activating group) is 1. The average molecular weight is 295 g/mol. The molecule has 1 N–H and O–H groups in total. The summed E-state index contributed by atoms with van der Waals surface area (Å²) in [4.78, 5) is 13.9. The Morgan fingerprint density at radius 3 is 2.95 bits per heavy atom. The molecule has 1 aromatic carbocycles. The van der Waals surface area contributed by atoms with E-state index in [1.165, 1.54) is 0 Å². The van der Waals surface area contributed by atoms with Crippen molar-refractivity contribution in [3.63, 3.8) is 0 Å². The predicted molar refractivity (Wildman–Crippen MR) is 80.7 cm³/mol. The molecule has 0 saturated carbocycles. The van der Waals surface area contributed by atoms with Crippen LogP contribution in [0.4, 0.5) is 0 Å². The van der Waals surface area contributed by atoms with E-state index >= 15 is 0 Å². The Morgan fingerprint density at radius 2 is 2.25 bits per heavy atom. The largest absolute Gasteiger partial charge is 0.373 e. The van der Waals surface area contributed by atoms with Gasteiger partial charge in [0.2, 0.25) is 5.91 Å².